The molecule has 0 saturated heterocycles. The summed E-state index contributed by atoms with van der Waals surface area (Å²) in [6, 6.07) is 24.7. The van der Waals surface area contributed by atoms with Gasteiger partial charge >= 0.3 is 0 Å². The fourth-order valence-electron chi connectivity index (χ4n) is 4.51. The van der Waals surface area contributed by atoms with Crippen molar-refractivity contribution in [3.63, 3.8) is 0 Å². The molecule has 0 amide bonds. The van der Waals surface area contributed by atoms with Crippen LogP contribution in [0.25, 0.3) is 11.1 Å². The van der Waals surface area contributed by atoms with Crippen molar-refractivity contribution in [2.45, 2.75) is 18.3 Å². The molecule has 0 nitrogen and oxygen atoms in total. The van der Waals surface area contributed by atoms with Crippen molar-refractivity contribution in [1.82, 2.24) is 0 Å². The Morgan fingerprint density at radius 3 is 2.36 bits per heavy atom. The van der Waals surface area contributed by atoms with Gasteiger partial charge in [-0.25, -0.2) is 0 Å². The molecule has 1 heteroatoms. The maximum absolute atomic E-state index is 3.68. The Balaban J connectivity index is 1.94. The third-order valence-electron chi connectivity index (χ3n) is 5.36. The van der Waals surface area contributed by atoms with Gasteiger partial charge in [-0.1, -0.05) is 70.5 Å². The van der Waals surface area contributed by atoms with E-state index in [1.54, 1.807) is 0 Å². The molecule has 3 aromatic rings. The van der Waals surface area contributed by atoms with Gasteiger partial charge in [0.25, 0.3) is 0 Å². The smallest absolute Gasteiger partial charge is 0.0469 e. The van der Waals surface area contributed by atoms with Gasteiger partial charge in [0, 0.05) is 9.89 Å². The van der Waals surface area contributed by atoms with Gasteiger partial charge in [-0.3, -0.25) is 0 Å². The zero-order valence-corrected chi connectivity index (χ0v) is 13.7. The van der Waals surface area contributed by atoms with E-state index < -0.39 is 0 Å². The Labute approximate surface area is 138 Å². The first kappa shape index (κ1) is 12.7. The van der Waals surface area contributed by atoms with Gasteiger partial charge in [0.15, 0.2) is 0 Å². The monoisotopic (exact) mass is 346 g/mol. The van der Waals surface area contributed by atoms with Crippen molar-refractivity contribution < 1.29 is 0 Å². The molecule has 0 aliphatic heterocycles. The lowest BCUT2D eigenvalue weighted by atomic mass is 9.73. The summed E-state index contributed by atoms with van der Waals surface area (Å²) in [6.07, 6.45) is 2.34. The van der Waals surface area contributed by atoms with Gasteiger partial charge in [-0.05, 0) is 58.4 Å². The Morgan fingerprint density at radius 1 is 0.727 bits per heavy atom. The van der Waals surface area contributed by atoms with Gasteiger partial charge in [0.05, 0.1) is 0 Å². The number of aryl methyl sites for hydroxylation is 1. The highest BCUT2D eigenvalue weighted by Crippen LogP contribution is 2.58. The fourth-order valence-corrected chi connectivity index (χ4v) is 4.87. The Morgan fingerprint density at radius 2 is 1.45 bits per heavy atom. The molecule has 0 radical (unpaired) electrons. The van der Waals surface area contributed by atoms with Crippen LogP contribution in [0, 0.1) is 0 Å². The number of halogens is 1. The van der Waals surface area contributed by atoms with Gasteiger partial charge < -0.3 is 0 Å². The molecule has 3 aromatic carbocycles. The third kappa shape index (κ3) is 1.43. The molecule has 0 fully saturated rings. The molecule has 22 heavy (non-hydrogen) atoms. The highest BCUT2D eigenvalue weighted by molar-refractivity contribution is 9.10. The lowest BCUT2D eigenvalue weighted by Gasteiger charge is -2.28. The summed E-state index contributed by atoms with van der Waals surface area (Å²) in [6.45, 7) is 0. The SMILES string of the molecule is Brc1ccc2c(c1)C1(CCc3ccccc31)c1ccccc1-2. The molecule has 0 bridgehead atoms. The van der Waals surface area contributed by atoms with Crippen LogP contribution >= 0.6 is 15.9 Å². The van der Waals surface area contributed by atoms with E-state index in [4.69, 9.17) is 0 Å². The standard InChI is InChI=1S/C21H15Br/c22-15-9-10-17-16-6-2-4-8-19(16)21(20(17)13-15)12-11-14-5-1-3-7-18(14)21/h1-10,13H,11-12H2. The number of benzene rings is 3. The van der Waals surface area contributed by atoms with Gasteiger partial charge in [-0.15, -0.1) is 0 Å². The van der Waals surface area contributed by atoms with Crippen LogP contribution in [-0.2, 0) is 11.8 Å². The van der Waals surface area contributed by atoms with Crippen molar-refractivity contribution in [2.24, 2.45) is 0 Å². The Kier molecular flexibility index (Phi) is 2.49. The lowest BCUT2D eigenvalue weighted by molar-refractivity contribution is 0.626. The third-order valence-corrected chi connectivity index (χ3v) is 5.86. The highest BCUT2D eigenvalue weighted by atomic mass is 79.9. The van der Waals surface area contributed by atoms with Crippen LogP contribution in [0.1, 0.15) is 28.7 Å². The zero-order chi connectivity index (χ0) is 14.7. The average molecular weight is 347 g/mol. The van der Waals surface area contributed by atoms with E-state index >= 15 is 0 Å². The molecule has 0 heterocycles. The first-order chi connectivity index (χ1) is 10.8. The maximum Gasteiger partial charge on any atom is 0.0469 e. The van der Waals surface area contributed by atoms with Crippen molar-refractivity contribution >= 4 is 15.9 Å². The minimum Gasteiger partial charge on any atom is -0.0620 e. The first-order valence-electron chi connectivity index (χ1n) is 7.79. The van der Waals surface area contributed by atoms with E-state index in [-0.39, 0.29) is 5.41 Å². The summed E-state index contributed by atoms with van der Waals surface area (Å²) in [5.74, 6) is 0. The quantitative estimate of drug-likeness (QED) is 0.489. The van der Waals surface area contributed by atoms with Crippen molar-refractivity contribution in [2.75, 3.05) is 0 Å². The fraction of sp³-hybridized carbons (Fsp3) is 0.143. The topological polar surface area (TPSA) is 0 Å². The van der Waals surface area contributed by atoms with E-state index in [1.807, 2.05) is 0 Å². The van der Waals surface area contributed by atoms with Crippen LogP contribution in [-0.4, -0.2) is 0 Å². The Hall–Kier alpha value is -1.86. The average Bonchev–Trinajstić information content (AvgIpc) is 3.07. The van der Waals surface area contributed by atoms with Gasteiger partial charge in [0.1, 0.15) is 0 Å². The van der Waals surface area contributed by atoms with Crippen molar-refractivity contribution in [1.29, 1.82) is 0 Å². The van der Waals surface area contributed by atoms with E-state index in [2.05, 4.69) is 82.7 Å². The molecular formula is C21H15Br. The molecule has 106 valence electrons. The van der Waals surface area contributed by atoms with E-state index in [0.29, 0.717) is 0 Å². The molecule has 1 atom stereocenters. The lowest BCUT2D eigenvalue weighted by Crippen LogP contribution is -2.23. The molecule has 2 aliphatic rings. The van der Waals surface area contributed by atoms with Crippen molar-refractivity contribution in [3.05, 3.63) is 93.5 Å². The summed E-state index contributed by atoms with van der Waals surface area (Å²) in [4.78, 5) is 0. The zero-order valence-electron chi connectivity index (χ0n) is 12.1. The summed E-state index contributed by atoms with van der Waals surface area (Å²) < 4.78 is 1.17. The number of hydrogen-bond donors (Lipinski definition) is 0. The second-order valence-corrected chi connectivity index (χ2v) is 7.21. The number of hydrogen-bond acceptors (Lipinski definition) is 0. The van der Waals surface area contributed by atoms with Crippen molar-refractivity contribution in [3.8, 4) is 11.1 Å². The van der Waals surface area contributed by atoms with Crippen LogP contribution < -0.4 is 0 Å². The molecule has 1 spiro atoms. The first-order valence-corrected chi connectivity index (χ1v) is 8.58. The van der Waals surface area contributed by atoms with Crippen LogP contribution in [0.5, 0.6) is 0 Å². The van der Waals surface area contributed by atoms with Gasteiger partial charge in [-0.2, -0.15) is 0 Å². The summed E-state index contributed by atoms with van der Waals surface area (Å²) in [5.41, 5.74) is 8.80. The molecule has 5 rings (SSSR count). The molecular weight excluding hydrogens is 332 g/mol. The summed E-state index contributed by atoms with van der Waals surface area (Å²) >= 11 is 3.68. The van der Waals surface area contributed by atoms with Gasteiger partial charge in [0.2, 0.25) is 0 Å². The highest BCUT2D eigenvalue weighted by Gasteiger charge is 2.47. The largest absolute Gasteiger partial charge is 0.0620 e. The molecule has 2 aliphatic carbocycles. The van der Waals surface area contributed by atoms with E-state index in [9.17, 15) is 0 Å². The minimum atomic E-state index is 0.0479. The van der Waals surface area contributed by atoms with Crippen LogP contribution in [0.15, 0.2) is 71.2 Å². The van der Waals surface area contributed by atoms with Crippen LogP contribution in [0.2, 0.25) is 0 Å². The predicted molar refractivity (Wildman–Crippen MR) is 94.2 cm³/mol. The molecule has 0 aromatic heterocycles. The molecule has 0 saturated carbocycles. The van der Waals surface area contributed by atoms with Crippen LogP contribution in [0.3, 0.4) is 0 Å². The van der Waals surface area contributed by atoms with Crippen LogP contribution in [0.4, 0.5) is 0 Å². The Bertz CT molecular complexity index is 909. The second kappa shape index (κ2) is 4.33. The number of fused-ring (bicyclic) bond motifs is 7. The number of rotatable bonds is 0. The molecule has 0 N–H and O–H groups in total. The normalized spacial score (nSPS) is 20.8. The summed E-state index contributed by atoms with van der Waals surface area (Å²) in [5, 5.41) is 0. The molecule has 1 unspecified atom stereocenters. The maximum atomic E-state index is 3.68. The van der Waals surface area contributed by atoms with E-state index in [1.165, 1.54) is 44.3 Å². The summed E-state index contributed by atoms with van der Waals surface area (Å²) in [7, 11) is 0. The van der Waals surface area contributed by atoms with E-state index in [0.717, 1.165) is 6.42 Å². The minimum absolute atomic E-state index is 0.0479. The second-order valence-electron chi connectivity index (χ2n) is 6.30. The predicted octanol–water partition coefficient (Wildman–Crippen LogP) is 5.71.